The number of halogens is 3. The smallest absolute Gasteiger partial charge is 0.411 e. The van der Waals surface area contributed by atoms with Gasteiger partial charge in [-0.1, -0.05) is 28.1 Å². The van der Waals surface area contributed by atoms with Gasteiger partial charge in [-0.3, -0.25) is 5.32 Å². The van der Waals surface area contributed by atoms with E-state index < -0.39 is 23.7 Å². The quantitative estimate of drug-likeness (QED) is 0.779. The minimum atomic E-state index is -1.23. The molecule has 0 aromatic heterocycles. The average molecular weight is 400 g/mol. The van der Waals surface area contributed by atoms with E-state index in [-0.39, 0.29) is 17.9 Å². The Labute approximate surface area is 144 Å². The molecule has 126 valence electrons. The lowest BCUT2D eigenvalue weighted by Crippen LogP contribution is -2.17. The summed E-state index contributed by atoms with van der Waals surface area (Å²) in [6.45, 7) is -0.0392. The first-order valence-corrected chi connectivity index (χ1v) is 7.45. The molecule has 0 unspecified atom stereocenters. The fourth-order valence-electron chi connectivity index (χ4n) is 1.85. The number of rotatable bonds is 4. The molecule has 24 heavy (non-hydrogen) atoms. The Morgan fingerprint density at radius 2 is 1.88 bits per heavy atom. The van der Waals surface area contributed by atoms with Gasteiger partial charge in [0.1, 0.15) is 6.61 Å². The Morgan fingerprint density at radius 1 is 1.17 bits per heavy atom. The fourth-order valence-corrected chi connectivity index (χ4v) is 2.30. The number of nitrogens with one attached hydrogen (secondary N) is 1. The summed E-state index contributed by atoms with van der Waals surface area (Å²) in [5.41, 5.74) is 0.147. The third-order valence-corrected chi connectivity index (χ3v) is 3.45. The number of hydrogen-bond donors (Lipinski definition) is 1. The van der Waals surface area contributed by atoms with Crippen LogP contribution in [-0.4, -0.2) is 19.2 Å². The van der Waals surface area contributed by atoms with Crippen LogP contribution in [0.1, 0.15) is 15.9 Å². The van der Waals surface area contributed by atoms with Crippen LogP contribution in [0.15, 0.2) is 40.9 Å². The van der Waals surface area contributed by atoms with Crippen molar-refractivity contribution in [3.63, 3.8) is 0 Å². The zero-order valence-electron chi connectivity index (χ0n) is 12.4. The van der Waals surface area contributed by atoms with Gasteiger partial charge in [-0.15, -0.1) is 0 Å². The highest BCUT2D eigenvalue weighted by Crippen LogP contribution is 2.21. The van der Waals surface area contributed by atoms with Gasteiger partial charge in [0.15, 0.2) is 11.6 Å². The molecular formula is C16H12BrF2NO4. The number of methoxy groups -OCH3 is 1. The topological polar surface area (TPSA) is 64.6 Å². The van der Waals surface area contributed by atoms with E-state index in [9.17, 15) is 18.4 Å². The fraction of sp³-hybridized carbons (Fsp3) is 0.125. The van der Waals surface area contributed by atoms with Crippen molar-refractivity contribution in [3.8, 4) is 0 Å². The van der Waals surface area contributed by atoms with Gasteiger partial charge in [-0.2, -0.15) is 0 Å². The second-order valence-electron chi connectivity index (χ2n) is 4.63. The molecule has 8 heteroatoms. The average Bonchev–Trinajstić information content (AvgIpc) is 2.55. The number of carbonyl (C=O) groups is 2. The molecule has 0 aliphatic heterocycles. The third kappa shape index (κ3) is 4.51. The summed E-state index contributed by atoms with van der Waals surface area (Å²) in [6.07, 6.45) is -0.925. The summed E-state index contributed by atoms with van der Waals surface area (Å²) in [4.78, 5) is 23.4. The molecule has 2 aromatic carbocycles. The standard InChI is InChI=1S/C16H12BrF2NO4/c1-23-15(21)11-6-12(18)13(19)7-14(11)20-16(22)24-8-9-3-2-4-10(17)5-9/h2-7H,8H2,1H3,(H,20,22). The van der Waals surface area contributed by atoms with Crippen LogP contribution in [-0.2, 0) is 16.1 Å². The van der Waals surface area contributed by atoms with Gasteiger partial charge >= 0.3 is 12.1 Å². The molecule has 0 aliphatic carbocycles. The van der Waals surface area contributed by atoms with Crippen molar-refractivity contribution in [2.45, 2.75) is 6.61 Å². The monoisotopic (exact) mass is 399 g/mol. The van der Waals surface area contributed by atoms with E-state index in [1.165, 1.54) is 0 Å². The molecule has 0 heterocycles. The maximum atomic E-state index is 13.3. The lowest BCUT2D eigenvalue weighted by molar-refractivity contribution is 0.0601. The van der Waals surface area contributed by atoms with Crippen LogP contribution in [0.25, 0.3) is 0 Å². The Bertz CT molecular complexity index is 783. The van der Waals surface area contributed by atoms with Crippen molar-refractivity contribution in [1.82, 2.24) is 0 Å². The Morgan fingerprint density at radius 3 is 2.54 bits per heavy atom. The lowest BCUT2D eigenvalue weighted by Gasteiger charge is -2.11. The predicted octanol–water partition coefficient (Wildman–Crippen LogP) is 4.26. The van der Waals surface area contributed by atoms with Gasteiger partial charge in [0.2, 0.25) is 0 Å². The molecule has 0 bridgehead atoms. The maximum absolute atomic E-state index is 13.3. The summed E-state index contributed by atoms with van der Waals surface area (Å²) < 4.78 is 36.9. The number of hydrogen-bond acceptors (Lipinski definition) is 4. The van der Waals surface area contributed by atoms with Gasteiger partial charge in [0.05, 0.1) is 18.4 Å². The molecule has 0 fully saturated rings. The molecular weight excluding hydrogens is 388 g/mol. The van der Waals surface area contributed by atoms with E-state index in [1.54, 1.807) is 18.2 Å². The first-order valence-electron chi connectivity index (χ1n) is 6.66. The van der Waals surface area contributed by atoms with Crippen LogP contribution in [0.2, 0.25) is 0 Å². The second kappa shape index (κ2) is 7.87. The number of benzene rings is 2. The molecule has 0 atom stereocenters. The summed E-state index contributed by atoms with van der Waals surface area (Å²) in [7, 11) is 1.08. The number of ether oxygens (including phenoxy) is 2. The van der Waals surface area contributed by atoms with E-state index in [0.717, 1.165) is 17.1 Å². The third-order valence-electron chi connectivity index (χ3n) is 2.96. The van der Waals surface area contributed by atoms with Gasteiger partial charge in [-0.25, -0.2) is 18.4 Å². The highest BCUT2D eigenvalue weighted by molar-refractivity contribution is 9.10. The van der Waals surface area contributed by atoms with E-state index in [2.05, 4.69) is 26.0 Å². The Balaban J connectivity index is 2.10. The molecule has 1 N–H and O–H groups in total. The first kappa shape index (κ1) is 17.9. The molecule has 1 amide bonds. The number of amides is 1. The van der Waals surface area contributed by atoms with Crippen molar-refractivity contribution in [2.75, 3.05) is 12.4 Å². The lowest BCUT2D eigenvalue weighted by atomic mass is 10.1. The van der Waals surface area contributed by atoms with Crippen LogP contribution in [0.3, 0.4) is 0 Å². The Kier molecular flexibility index (Phi) is 5.86. The van der Waals surface area contributed by atoms with Crippen molar-refractivity contribution >= 4 is 33.7 Å². The van der Waals surface area contributed by atoms with Gasteiger partial charge in [-0.05, 0) is 23.8 Å². The van der Waals surface area contributed by atoms with Crippen LogP contribution < -0.4 is 5.32 Å². The van der Waals surface area contributed by atoms with Crippen molar-refractivity contribution in [1.29, 1.82) is 0 Å². The minimum absolute atomic E-state index is 0.0392. The highest BCUT2D eigenvalue weighted by atomic mass is 79.9. The van der Waals surface area contributed by atoms with Crippen LogP contribution in [0.4, 0.5) is 19.3 Å². The van der Waals surface area contributed by atoms with Crippen molar-refractivity contribution in [2.24, 2.45) is 0 Å². The normalized spacial score (nSPS) is 10.2. The molecule has 2 rings (SSSR count). The number of carbonyl (C=O) groups excluding carboxylic acids is 2. The van der Waals surface area contributed by atoms with Gasteiger partial charge < -0.3 is 9.47 Å². The van der Waals surface area contributed by atoms with E-state index in [4.69, 9.17) is 4.74 Å². The van der Waals surface area contributed by atoms with Crippen LogP contribution in [0, 0.1) is 11.6 Å². The number of anilines is 1. The highest BCUT2D eigenvalue weighted by Gasteiger charge is 2.18. The van der Waals surface area contributed by atoms with Crippen molar-refractivity contribution in [3.05, 3.63) is 63.6 Å². The van der Waals surface area contributed by atoms with E-state index >= 15 is 0 Å². The molecule has 0 saturated heterocycles. The molecule has 0 aliphatic rings. The summed E-state index contributed by atoms with van der Waals surface area (Å²) in [5, 5.41) is 2.20. The van der Waals surface area contributed by atoms with Gasteiger partial charge in [0, 0.05) is 10.5 Å². The molecule has 0 radical (unpaired) electrons. The maximum Gasteiger partial charge on any atom is 0.411 e. The molecule has 0 saturated carbocycles. The largest absolute Gasteiger partial charge is 0.465 e. The number of esters is 1. The van der Waals surface area contributed by atoms with Crippen LogP contribution in [0.5, 0.6) is 0 Å². The van der Waals surface area contributed by atoms with Crippen molar-refractivity contribution < 1.29 is 27.8 Å². The summed E-state index contributed by atoms with van der Waals surface area (Å²) >= 11 is 3.29. The predicted molar refractivity (Wildman–Crippen MR) is 85.6 cm³/mol. The second-order valence-corrected chi connectivity index (χ2v) is 5.55. The van der Waals surface area contributed by atoms with E-state index in [0.29, 0.717) is 12.1 Å². The Hall–Kier alpha value is -2.48. The van der Waals surface area contributed by atoms with Crippen LogP contribution >= 0.6 is 15.9 Å². The SMILES string of the molecule is COC(=O)c1cc(F)c(F)cc1NC(=O)OCc1cccc(Br)c1. The molecule has 2 aromatic rings. The first-order chi connectivity index (χ1) is 11.4. The minimum Gasteiger partial charge on any atom is -0.465 e. The summed E-state index contributed by atoms with van der Waals surface area (Å²) in [6, 6.07) is 8.41. The zero-order chi connectivity index (χ0) is 17.7. The molecule has 5 nitrogen and oxygen atoms in total. The summed E-state index contributed by atoms with van der Waals surface area (Å²) in [5.74, 6) is -3.37. The zero-order valence-corrected chi connectivity index (χ0v) is 14.0. The molecule has 0 spiro atoms. The van der Waals surface area contributed by atoms with E-state index in [1.807, 2.05) is 6.07 Å². The van der Waals surface area contributed by atoms with Gasteiger partial charge in [0.25, 0.3) is 0 Å².